The van der Waals surface area contributed by atoms with Crippen LogP contribution in [0.2, 0.25) is 0 Å². The monoisotopic (exact) mass is 687 g/mol. The van der Waals surface area contributed by atoms with E-state index in [0.717, 1.165) is 18.6 Å². The number of carbonyl (C=O) groups is 1. The fourth-order valence-electron chi connectivity index (χ4n) is 7.03. The molecule has 10 nitrogen and oxygen atoms in total. The first-order chi connectivity index (χ1) is 23.3. The molecule has 0 amide bonds. The second kappa shape index (κ2) is 11.8. The molecule has 0 radical (unpaired) electrons. The van der Waals surface area contributed by atoms with E-state index in [1.807, 2.05) is 4.90 Å². The molecule has 3 aliphatic heterocycles. The Morgan fingerprint density at radius 2 is 1.92 bits per heavy atom. The first kappa shape index (κ1) is 32.5. The van der Waals surface area contributed by atoms with Crippen LogP contribution in [0.3, 0.4) is 0 Å². The van der Waals surface area contributed by atoms with Gasteiger partial charge >= 0.3 is 18.2 Å². The molecule has 2 aromatic carbocycles. The number of pyridine rings is 1. The van der Waals surface area contributed by atoms with E-state index < -0.39 is 47.3 Å². The van der Waals surface area contributed by atoms with Crippen molar-refractivity contribution >= 4 is 33.5 Å². The second-order valence-corrected chi connectivity index (χ2v) is 12.3. The Morgan fingerprint density at radius 3 is 2.63 bits per heavy atom. The minimum atomic E-state index is -5.19. The van der Waals surface area contributed by atoms with Gasteiger partial charge in [-0.15, -0.1) is 6.42 Å². The third kappa shape index (κ3) is 5.55. The molecule has 0 saturated carbocycles. The number of rotatable bonds is 7. The molecule has 49 heavy (non-hydrogen) atoms. The summed E-state index contributed by atoms with van der Waals surface area (Å²) in [5.74, 6) is -2.48. The number of hydrogen-bond donors (Lipinski definition) is 1. The number of esters is 1. The number of fused-ring (bicyclic) bond motifs is 3. The van der Waals surface area contributed by atoms with E-state index in [0.29, 0.717) is 18.4 Å². The molecular formula is C33H27F6N5O5. The average molecular weight is 688 g/mol. The normalized spacial score (nSPS) is 21.1. The summed E-state index contributed by atoms with van der Waals surface area (Å²) in [5.41, 5.74) is -1.71. The number of ether oxygens (including phenoxy) is 3. The van der Waals surface area contributed by atoms with Crippen LogP contribution in [-0.4, -0.2) is 94.8 Å². The SMILES string of the molecule is C#Cc1c(F)ccc2cc(O)cc(-c3nc(OC)c4c(N5CC(OC(=O)C(F)(F)F)C5)nc(OC[C@@]56CCCN5C[C@H](F)C6)nc4c3F)c12. The number of hydrogen-bond acceptors (Lipinski definition) is 10. The van der Waals surface area contributed by atoms with Crippen molar-refractivity contribution in [3.05, 3.63) is 41.5 Å². The van der Waals surface area contributed by atoms with E-state index in [9.17, 15) is 31.9 Å². The lowest BCUT2D eigenvalue weighted by molar-refractivity contribution is -0.205. The van der Waals surface area contributed by atoms with Crippen molar-refractivity contribution in [1.82, 2.24) is 19.9 Å². The Hall–Kier alpha value is -5.04. The van der Waals surface area contributed by atoms with Crippen molar-refractivity contribution in [2.24, 2.45) is 0 Å². The number of aromatic nitrogens is 3. The van der Waals surface area contributed by atoms with Gasteiger partial charge in [-0.2, -0.15) is 23.1 Å². The molecule has 3 aliphatic rings. The van der Waals surface area contributed by atoms with Gasteiger partial charge in [0.15, 0.2) is 5.82 Å². The molecule has 16 heteroatoms. The zero-order valence-corrected chi connectivity index (χ0v) is 25.8. The zero-order chi connectivity index (χ0) is 34.8. The van der Waals surface area contributed by atoms with E-state index in [2.05, 4.69) is 25.6 Å². The molecule has 4 aromatic rings. The summed E-state index contributed by atoms with van der Waals surface area (Å²) in [5, 5.41) is 10.8. The van der Waals surface area contributed by atoms with E-state index in [-0.39, 0.29) is 83.5 Å². The third-order valence-corrected chi connectivity index (χ3v) is 9.24. The summed E-state index contributed by atoms with van der Waals surface area (Å²) in [6.07, 6.45) is -0.0865. The summed E-state index contributed by atoms with van der Waals surface area (Å²) in [6.45, 7) is 0.408. The smallest absolute Gasteiger partial charge is 0.490 e. The number of terminal acetylenes is 1. The van der Waals surface area contributed by atoms with Gasteiger partial charge in [0.25, 0.3) is 0 Å². The number of halogens is 6. The number of nitrogens with zero attached hydrogens (tertiary/aromatic N) is 5. The number of aromatic hydroxyl groups is 1. The van der Waals surface area contributed by atoms with Crippen molar-refractivity contribution < 1.29 is 50.5 Å². The number of methoxy groups -OCH3 is 1. The van der Waals surface area contributed by atoms with Gasteiger partial charge in [-0.05, 0) is 43.0 Å². The highest BCUT2D eigenvalue weighted by molar-refractivity contribution is 6.04. The van der Waals surface area contributed by atoms with Crippen molar-refractivity contribution in [1.29, 1.82) is 0 Å². The number of carbonyl (C=O) groups excluding carboxylic acids is 1. The zero-order valence-electron chi connectivity index (χ0n) is 25.8. The molecule has 0 unspecified atom stereocenters. The molecule has 5 heterocycles. The molecule has 1 N–H and O–H groups in total. The van der Waals surface area contributed by atoms with Gasteiger partial charge in [0.05, 0.1) is 31.3 Å². The minimum Gasteiger partial charge on any atom is -0.508 e. The highest BCUT2D eigenvalue weighted by atomic mass is 19.4. The van der Waals surface area contributed by atoms with E-state index >= 15 is 4.39 Å². The highest BCUT2D eigenvalue weighted by Crippen LogP contribution is 2.44. The largest absolute Gasteiger partial charge is 0.508 e. The van der Waals surface area contributed by atoms with E-state index in [4.69, 9.17) is 15.9 Å². The summed E-state index contributed by atoms with van der Waals surface area (Å²) >= 11 is 0. The lowest BCUT2D eigenvalue weighted by Crippen LogP contribution is -2.54. The number of benzene rings is 2. The van der Waals surface area contributed by atoms with Crippen LogP contribution in [0, 0.1) is 24.0 Å². The number of anilines is 1. The molecule has 3 fully saturated rings. The van der Waals surface area contributed by atoms with Gasteiger partial charge < -0.3 is 24.2 Å². The van der Waals surface area contributed by atoms with Crippen molar-refractivity contribution in [2.75, 3.05) is 44.8 Å². The maximum absolute atomic E-state index is 16.8. The molecular weight excluding hydrogens is 660 g/mol. The molecule has 7 rings (SSSR count). The first-order valence-electron chi connectivity index (χ1n) is 15.2. The minimum absolute atomic E-state index is 0.0249. The van der Waals surface area contributed by atoms with Crippen LogP contribution in [0.15, 0.2) is 24.3 Å². The molecule has 0 bridgehead atoms. The second-order valence-electron chi connectivity index (χ2n) is 12.3. The van der Waals surface area contributed by atoms with Gasteiger partial charge in [-0.1, -0.05) is 12.0 Å². The van der Waals surface area contributed by atoms with Gasteiger partial charge in [0.1, 0.15) is 52.9 Å². The van der Waals surface area contributed by atoms with Crippen LogP contribution in [0.25, 0.3) is 32.9 Å². The van der Waals surface area contributed by atoms with Crippen LogP contribution < -0.4 is 14.4 Å². The summed E-state index contributed by atoms with van der Waals surface area (Å²) < 4.78 is 101. The number of phenolic OH excluding ortho intramolecular Hbond substituents is 1. The Balaban J connectivity index is 1.37. The lowest BCUT2D eigenvalue weighted by Gasteiger charge is -2.39. The summed E-state index contributed by atoms with van der Waals surface area (Å²) in [7, 11) is 1.23. The maximum Gasteiger partial charge on any atom is 0.490 e. The Kier molecular flexibility index (Phi) is 7.85. The van der Waals surface area contributed by atoms with Crippen molar-refractivity contribution in [3.63, 3.8) is 0 Å². The maximum atomic E-state index is 16.8. The summed E-state index contributed by atoms with van der Waals surface area (Å²) in [6, 6.07) is 4.64. The van der Waals surface area contributed by atoms with E-state index in [1.54, 1.807) is 0 Å². The lowest BCUT2D eigenvalue weighted by atomic mass is 9.95. The third-order valence-electron chi connectivity index (χ3n) is 9.24. The van der Waals surface area contributed by atoms with Crippen LogP contribution in [0.4, 0.5) is 32.2 Å². The van der Waals surface area contributed by atoms with Crippen LogP contribution in [0.1, 0.15) is 24.8 Å². The topological polar surface area (TPSA) is 110 Å². The quantitative estimate of drug-likeness (QED) is 0.161. The van der Waals surface area contributed by atoms with E-state index in [1.165, 1.54) is 24.1 Å². The van der Waals surface area contributed by atoms with Gasteiger partial charge in [0.2, 0.25) is 5.88 Å². The molecule has 2 aromatic heterocycles. The Morgan fingerprint density at radius 1 is 1.14 bits per heavy atom. The fourth-order valence-corrected chi connectivity index (χ4v) is 7.03. The standard InChI is InChI=1S/C33H27F6N5O5/c1-3-20-22(35)6-5-16-9-18(45)10-21(23(16)20)26-25(36)27-24(29(40-26)47-2)28(43-13-19(14-43)49-30(46)33(37,38)39)42-31(41-27)48-15-32-7-4-8-44(32)12-17(34)11-32/h1,5-6,9-10,17,19,45H,4,7-8,11-15H2,2H3/t17-,32+/m1/s1. The van der Waals surface area contributed by atoms with Crippen molar-refractivity contribution in [2.45, 2.75) is 43.3 Å². The van der Waals surface area contributed by atoms with Gasteiger partial charge in [-0.25, -0.2) is 22.9 Å². The predicted octanol–water partition coefficient (Wildman–Crippen LogP) is 5.07. The van der Waals surface area contributed by atoms with Crippen molar-refractivity contribution in [3.8, 4) is 41.2 Å². The van der Waals surface area contributed by atoms with Crippen LogP contribution in [-0.2, 0) is 9.53 Å². The first-order valence-corrected chi connectivity index (χ1v) is 15.2. The number of phenols is 1. The molecule has 2 atom stereocenters. The Labute approximate surface area is 274 Å². The molecule has 256 valence electrons. The summed E-state index contributed by atoms with van der Waals surface area (Å²) in [4.78, 5) is 28.0. The van der Waals surface area contributed by atoms with Crippen LogP contribution in [0.5, 0.6) is 17.6 Å². The van der Waals surface area contributed by atoms with Gasteiger partial charge in [-0.3, -0.25) is 4.90 Å². The number of alkyl halides is 4. The predicted molar refractivity (Wildman–Crippen MR) is 163 cm³/mol. The average Bonchev–Trinajstić information content (AvgIpc) is 3.56. The van der Waals surface area contributed by atoms with Crippen LogP contribution >= 0.6 is 0 Å². The highest BCUT2D eigenvalue weighted by Gasteiger charge is 2.50. The fraction of sp³-hybridized carbons (Fsp3) is 0.394. The Bertz CT molecular complexity index is 2050. The molecule has 0 spiro atoms. The van der Waals surface area contributed by atoms with Gasteiger partial charge in [0, 0.05) is 23.9 Å². The molecule has 0 aliphatic carbocycles. The molecule has 3 saturated heterocycles.